The van der Waals surface area contributed by atoms with Crippen LogP contribution in [-0.2, 0) is 11.2 Å². The summed E-state index contributed by atoms with van der Waals surface area (Å²) in [4.78, 5) is 24.1. The van der Waals surface area contributed by atoms with Gasteiger partial charge in [0, 0.05) is 17.5 Å². The Morgan fingerprint density at radius 2 is 1.72 bits per heavy atom. The van der Waals surface area contributed by atoms with E-state index in [1.807, 2.05) is 31.2 Å². The van der Waals surface area contributed by atoms with E-state index in [-0.39, 0.29) is 11.8 Å². The average Bonchev–Trinajstić information content (AvgIpc) is 2.60. The molecule has 0 spiro atoms. The molecule has 2 aromatic rings. The summed E-state index contributed by atoms with van der Waals surface area (Å²) in [6, 6.07) is 14.3. The number of halogens is 1. The van der Waals surface area contributed by atoms with Gasteiger partial charge in [0.15, 0.2) is 0 Å². The second-order valence-corrected chi connectivity index (χ2v) is 5.79. The van der Waals surface area contributed by atoms with Crippen molar-refractivity contribution in [1.29, 1.82) is 0 Å². The number of allylic oxidation sites excluding steroid dienone is 1. The maximum Gasteiger partial charge on any atom is 0.271 e. The summed E-state index contributed by atoms with van der Waals surface area (Å²) < 4.78 is 0. The number of para-hydroxylation sites is 1. The first-order valence-corrected chi connectivity index (χ1v) is 8.27. The second-order valence-electron chi connectivity index (χ2n) is 5.39. The average molecular weight is 358 g/mol. The van der Waals surface area contributed by atoms with Crippen LogP contribution in [0.5, 0.6) is 0 Å². The monoisotopic (exact) mass is 357 g/mol. The highest BCUT2D eigenvalue weighted by molar-refractivity contribution is 6.33. The van der Waals surface area contributed by atoms with Gasteiger partial charge in [-0.25, -0.2) is 0 Å². The van der Waals surface area contributed by atoms with E-state index in [1.54, 1.807) is 31.2 Å². The Morgan fingerprint density at radius 1 is 1.04 bits per heavy atom. The summed E-state index contributed by atoms with van der Waals surface area (Å²) in [5.41, 5.74) is 7.88. The van der Waals surface area contributed by atoms with E-state index >= 15 is 0 Å². The summed E-state index contributed by atoms with van der Waals surface area (Å²) in [5, 5.41) is 3.19. The number of hydrogen-bond acceptors (Lipinski definition) is 3. The minimum absolute atomic E-state index is 0.280. The predicted molar refractivity (Wildman–Crippen MR) is 100 cm³/mol. The van der Waals surface area contributed by atoms with Gasteiger partial charge in [0.25, 0.3) is 5.91 Å². The molecule has 0 aliphatic carbocycles. The molecular formula is C19H20ClN3O2. The van der Waals surface area contributed by atoms with Crippen LogP contribution in [0.1, 0.15) is 29.8 Å². The molecule has 0 saturated carbocycles. The predicted octanol–water partition coefficient (Wildman–Crippen LogP) is 3.68. The molecule has 0 aliphatic heterocycles. The summed E-state index contributed by atoms with van der Waals surface area (Å²) in [6.45, 7) is 3.70. The van der Waals surface area contributed by atoms with Gasteiger partial charge in [-0.1, -0.05) is 48.9 Å². The van der Waals surface area contributed by atoms with Crippen molar-refractivity contribution in [3.63, 3.8) is 0 Å². The van der Waals surface area contributed by atoms with Crippen LogP contribution in [0.3, 0.4) is 0 Å². The lowest BCUT2D eigenvalue weighted by Gasteiger charge is -2.11. The molecule has 2 rings (SSSR count). The fourth-order valence-electron chi connectivity index (χ4n) is 2.22. The van der Waals surface area contributed by atoms with Gasteiger partial charge in [0.1, 0.15) is 0 Å². The fraction of sp³-hybridized carbons (Fsp3) is 0.158. The van der Waals surface area contributed by atoms with Gasteiger partial charge in [0.2, 0.25) is 5.91 Å². The van der Waals surface area contributed by atoms with Crippen LogP contribution >= 0.6 is 11.6 Å². The third-order valence-corrected chi connectivity index (χ3v) is 3.83. The maximum absolute atomic E-state index is 12.1. The summed E-state index contributed by atoms with van der Waals surface area (Å²) in [5.74, 6) is -0.659. The van der Waals surface area contributed by atoms with Gasteiger partial charge in [-0.3, -0.25) is 15.0 Å². The molecule has 2 amide bonds. The molecule has 0 atom stereocenters. The molecule has 0 bridgehead atoms. The SMILES string of the molecule is CCc1ccccc1NC(=O)C=C(C)NNC(=O)c1ccccc1Cl. The van der Waals surface area contributed by atoms with E-state index in [4.69, 9.17) is 11.6 Å². The lowest BCUT2D eigenvalue weighted by Crippen LogP contribution is -2.36. The van der Waals surface area contributed by atoms with E-state index in [0.29, 0.717) is 16.3 Å². The van der Waals surface area contributed by atoms with E-state index in [2.05, 4.69) is 16.2 Å². The largest absolute Gasteiger partial charge is 0.322 e. The molecule has 0 aliphatic rings. The van der Waals surface area contributed by atoms with E-state index in [1.165, 1.54) is 6.08 Å². The van der Waals surface area contributed by atoms with Gasteiger partial charge in [-0.2, -0.15) is 0 Å². The molecule has 6 heteroatoms. The van der Waals surface area contributed by atoms with Crippen molar-refractivity contribution in [2.45, 2.75) is 20.3 Å². The van der Waals surface area contributed by atoms with Crippen LogP contribution < -0.4 is 16.2 Å². The first kappa shape index (κ1) is 18.5. The quantitative estimate of drug-likeness (QED) is 0.545. The summed E-state index contributed by atoms with van der Waals surface area (Å²) >= 11 is 5.97. The number of nitrogens with one attached hydrogen (secondary N) is 3. The van der Waals surface area contributed by atoms with E-state index in [9.17, 15) is 9.59 Å². The zero-order valence-electron chi connectivity index (χ0n) is 14.1. The Morgan fingerprint density at radius 3 is 2.44 bits per heavy atom. The number of carbonyl (C=O) groups excluding carboxylic acids is 2. The Hall–Kier alpha value is -2.79. The van der Waals surface area contributed by atoms with E-state index < -0.39 is 0 Å². The third kappa shape index (κ3) is 5.36. The molecule has 0 heterocycles. The van der Waals surface area contributed by atoms with Crippen molar-refractivity contribution in [3.05, 3.63) is 76.5 Å². The van der Waals surface area contributed by atoms with Crippen molar-refractivity contribution in [2.24, 2.45) is 0 Å². The highest BCUT2D eigenvalue weighted by atomic mass is 35.5. The lowest BCUT2D eigenvalue weighted by molar-refractivity contribution is -0.112. The molecular weight excluding hydrogens is 338 g/mol. The Labute approximate surface area is 152 Å². The molecule has 3 N–H and O–H groups in total. The normalized spacial score (nSPS) is 10.9. The van der Waals surface area contributed by atoms with Gasteiger partial charge in [-0.15, -0.1) is 0 Å². The van der Waals surface area contributed by atoms with Crippen molar-refractivity contribution >= 4 is 29.1 Å². The third-order valence-electron chi connectivity index (χ3n) is 3.50. The molecule has 0 aromatic heterocycles. The summed E-state index contributed by atoms with van der Waals surface area (Å²) in [6.07, 6.45) is 2.20. The minimum Gasteiger partial charge on any atom is -0.322 e. The molecule has 0 saturated heterocycles. The maximum atomic E-state index is 12.1. The van der Waals surface area contributed by atoms with Crippen LogP contribution in [0, 0.1) is 0 Å². The first-order chi connectivity index (χ1) is 12.0. The summed E-state index contributed by atoms with van der Waals surface area (Å²) in [7, 11) is 0. The van der Waals surface area contributed by atoms with Crippen LogP contribution in [0.2, 0.25) is 5.02 Å². The molecule has 0 radical (unpaired) electrons. The van der Waals surface area contributed by atoms with Crippen molar-refractivity contribution in [3.8, 4) is 0 Å². The zero-order valence-corrected chi connectivity index (χ0v) is 14.9. The van der Waals surface area contributed by atoms with Crippen LogP contribution in [-0.4, -0.2) is 11.8 Å². The minimum atomic E-state index is -0.380. The number of anilines is 1. The van der Waals surface area contributed by atoms with Gasteiger partial charge >= 0.3 is 0 Å². The van der Waals surface area contributed by atoms with Crippen LogP contribution in [0.4, 0.5) is 5.69 Å². The topological polar surface area (TPSA) is 70.2 Å². The number of amides is 2. The van der Waals surface area contributed by atoms with Gasteiger partial charge < -0.3 is 10.7 Å². The van der Waals surface area contributed by atoms with Gasteiger partial charge in [0.05, 0.1) is 10.6 Å². The van der Waals surface area contributed by atoms with Crippen molar-refractivity contribution in [2.75, 3.05) is 5.32 Å². The van der Waals surface area contributed by atoms with Crippen LogP contribution in [0.25, 0.3) is 0 Å². The Kier molecular flexibility index (Phi) is 6.60. The molecule has 0 fully saturated rings. The highest BCUT2D eigenvalue weighted by Gasteiger charge is 2.09. The number of aryl methyl sites for hydroxylation is 1. The number of benzene rings is 2. The molecule has 5 nitrogen and oxygen atoms in total. The standard InChI is InChI=1S/C19H20ClN3O2/c1-3-14-8-4-7-11-17(14)21-18(24)12-13(2)22-23-19(25)15-9-5-6-10-16(15)20/h4-12,22H,3H2,1-2H3,(H,21,24)(H,23,25). The van der Waals surface area contributed by atoms with Crippen molar-refractivity contribution < 1.29 is 9.59 Å². The second kappa shape index (κ2) is 8.89. The molecule has 130 valence electrons. The van der Waals surface area contributed by atoms with Crippen LogP contribution in [0.15, 0.2) is 60.3 Å². The van der Waals surface area contributed by atoms with Crippen molar-refractivity contribution in [1.82, 2.24) is 10.9 Å². The molecule has 2 aromatic carbocycles. The van der Waals surface area contributed by atoms with E-state index in [0.717, 1.165) is 17.7 Å². The number of rotatable bonds is 6. The molecule has 25 heavy (non-hydrogen) atoms. The fourth-order valence-corrected chi connectivity index (χ4v) is 2.44. The van der Waals surface area contributed by atoms with Gasteiger partial charge in [-0.05, 0) is 37.1 Å². The molecule has 0 unspecified atom stereocenters. The number of hydrogen-bond donors (Lipinski definition) is 3. The first-order valence-electron chi connectivity index (χ1n) is 7.89. The Bertz CT molecular complexity index is 803. The smallest absolute Gasteiger partial charge is 0.271 e. The zero-order chi connectivity index (χ0) is 18.2. The number of carbonyl (C=O) groups is 2. The Balaban J connectivity index is 1.93. The lowest BCUT2D eigenvalue weighted by atomic mass is 10.1. The number of hydrazine groups is 1. The highest BCUT2D eigenvalue weighted by Crippen LogP contribution is 2.16.